The molecule has 0 atom stereocenters. The number of likely N-dealkylation sites (N-methyl/N-ethyl adjacent to an activating group) is 1. The molecule has 14 heteroatoms. The summed E-state index contributed by atoms with van der Waals surface area (Å²) in [5, 5.41) is 8.49. The zero-order valence-corrected chi connectivity index (χ0v) is 24.9. The maximum absolute atomic E-state index is 13.7. The van der Waals surface area contributed by atoms with Gasteiger partial charge < -0.3 is 14.2 Å². The van der Waals surface area contributed by atoms with E-state index in [4.69, 9.17) is 14.2 Å². The van der Waals surface area contributed by atoms with Crippen LogP contribution in [0.3, 0.4) is 0 Å². The summed E-state index contributed by atoms with van der Waals surface area (Å²) in [7, 11) is -2.19. The summed E-state index contributed by atoms with van der Waals surface area (Å²) in [6.45, 7) is 11.2. The minimum absolute atomic E-state index is 0.127. The molecular weight excluding hydrogens is 548 g/mol. The molecule has 0 unspecified atom stereocenters. The molecule has 0 saturated carbocycles. The van der Waals surface area contributed by atoms with E-state index in [0.717, 1.165) is 19.4 Å². The van der Waals surface area contributed by atoms with Crippen molar-refractivity contribution in [2.75, 3.05) is 39.3 Å². The number of aromatic nitrogens is 6. The van der Waals surface area contributed by atoms with Crippen LogP contribution in [-0.2, 0) is 23.5 Å². The van der Waals surface area contributed by atoms with E-state index in [0.29, 0.717) is 67.6 Å². The molecule has 0 aliphatic carbocycles. The second-order valence-electron chi connectivity index (χ2n) is 10.1. The maximum atomic E-state index is 13.7. The molecule has 4 heterocycles. The predicted molar refractivity (Wildman–Crippen MR) is 153 cm³/mol. The monoisotopic (exact) mass is 584 g/mol. The first kappa shape index (κ1) is 28.9. The van der Waals surface area contributed by atoms with E-state index in [1.165, 1.54) is 13.6 Å². The lowest BCUT2D eigenvalue weighted by Gasteiger charge is -2.33. The van der Waals surface area contributed by atoms with E-state index in [-0.39, 0.29) is 27.7 Å². The number of sulfonamides is 1. The molecular formula is C27H36N8O5S. The zero-order chi connectivity index (χ0) is 29.3. The van der Waals surface area contributed by atoms with Crippen molar-refractivity contribution in [2.45, 2.75) is 51.9 Å². The molecule has 0 radical (unpaired) electrons. The summed E-state index contributed by atoms with van der Waals surface area (Å²) in [6.07, 6.45) is 2.07. The van der Waals surface area contributed by atoms with Gasteiger partial charge in [-0.1, -0.05) is 27.2 Å². The Balaban J connectivity index is 1.68. The van der Waals surface area contributed by atoms with Crippen molar-refractivity contribution in [1.29, 1.82) is 0 Å². The van der Waals surface area contributed by atoms with Crippen LogP contribution in [0.25, 0.3) is 28.4 Å². The summed E-state index contributed by atoms with van der Waals surface area (Å²) < 4.78 is 42.9. The third-order valence-electron chi connectivity index (χ3n) is 7.26. The van der Waals surface area contributed by atoms with Crippen molar-refractivity contribution < 1.29 is 17.7 Å². The first-order valence-corrected chi connectivity index (χ1v) is 15.4. The van der Waals surface area contributed by atoms with Crippen LogP contribution >= 0.6 is 0 Å². The molecule has 13 nitrogen and oxygen atoms in total. The van der Waals surface area contributed by atoms with Crippen LogP contribution < -0.4 is 10.3 Å². The number of hydrogen-bond acceptors (Lipinski definition) is 10. The number of rotatable bonds is 10. The Bertz CT molecular complexity index is 1720. The van der Waals surface area contributed by atoms with Crippen LogP contribution in [0.1, 0.15) is 45.2 Å². The normalized spacial score (nSPS) is 15.1. The van der Waals surface area contributed by atoms with E-state index in [9.17, 15) is 13.2 Å². The summed E-state index contributed by atoms with van der Waals surface area (Å²) in [5.41, 5.74) is 1.26. The molecule has 3 aromatic heterocycles. The van der Waals surface area contributed by atoms with E-state index < -0.39 is 10.0 Å². The summed E-state index contributed by atoms with van der Waals surface area (Å²) in [6, 6.07) is 4.77. The van der Waals surface area contributed by atoms with Crippen LogP contribution in [0.5, 0.6) is 5.75 Å². The van der Waals surface area contributed by atoms with Crippen molar-refractivity contribution in [3.63, 3.8) is 0 Å². The van der Waals surface area contributed by atoms with Gasteiger partial charge in [-0.05, 0) is 42.7 Å². The molecule has 1 fully saturated rings. The Morgan fingerprint density at radius 2 is 1.78 bits per heavy atom. The first-order valence-electron chi connectivity index (χ1n) is 14.0. The topological polar surface area (TPSA) is 141 Å². The van der Waals surface area contributed by atoms with Gasteiger partial charge in [-0.15, -0.1) is 0 Å². The lowest BCUT2D eigenvalue weighted by molar-refractivity contribution is 0.196. The van der Waals surface area contributed by atoms with Gasteiger partial charge in [-0.2, -0.15) is 19.1 Å². The molecule has 5 rings (SSSR count). The number of piperazine rings is 1. The van der Waals surface area contributed by atoms with Crippen LogP contribution in [-0.4, -0.2) is 86.4 Å². The molecule has 1 aliphatic rings. The SMILES string of the molecule is CCCOc1ccc(S(=O)(=O)N2CCN(CC)CC2)cc1-c1nc2c(CCC)n(-c3noc(C)n3)nc2c(=O)n1C. The minimum atomic E-state index is -3.78. The highest BCUT2D eigenvalue weighted by molar-refractivity contribution is 7.89. The van der Waals surface area contributed by atoms with Gasteiger partial charge in [0, 0.05) is 40.2 Å². The number of benzene rings is 1. The lowest BCUT2D eigenvalue weighted by atomic mass is 10.1. The standard InChI is InChI=1S/C27H36N8O5S/c1-6-9-21-23-24(30-35(21)27-28-18(4)40-31-27)26(36)32(5)25(29-23)20-17-19(10-11-22(20)39-16-7-2)41(37,38)34-14-12-33(8-3)13-15-34/h10-11,17H,6-9,12-16H2,1-5H3. The lowest BCUT2D eigenvalue weighted by Crippen LogP contribution is -2.48. The fourth-order valence-electron chi connectivity index (χ4n) is 5.00. The average Bonchev–Trinajstić information content (AvgIpc) is 3.57. The zero-order valence-electron chi connectivity index (χ0n) is 24.1. The van der Waals surface area contributed by atoms with Gasteiger partial charge in [0.2, 0.25) is 15.9 Å². The van der Waals surface area contributed by atoms with E-state index in [1.54, 1.807) is 32.2 Å². The van der Waals surface area contributed by atoms with E-state index >= 15 is 0 Å². The smallest absolute Gasteiger partial charge is 0.291 e. The Morgan fingerprint density at radius 1 is 1.02 bits per heavy atom. The number of hydrogen-bond donors (Lipinski definition) is 0. The van der Waals surface area contributed by atoms with Gasteiger partial charge in [0.25, 0.3) is 11.5 Å². The number of aryl methyl sites for hydroxylation is 2. The highest BCUT2D eigenvalue weighted by atomic mass is 32.2. The second-order valence-corrected chi connectivity index (χ2v) is 12.0. The van der Waals surface area contributed by atoms with Gasteiger partial charge in [0.15, 0.2) is 5.52 Å². The Labute approximate surface area is 238 Å². The Hall–Kier alpha value is -3.62. The van der Waals surface area contributed by atoms with Crippen molar-refractivity contribution in [3.8, 4) is 23.1 Å². The molecule has 0 amide bonds. The molecule has 1 aromatic carbocycles. The predicted octanol–water partition coefficient (Wildman–Crippen LogP) is 2.55. The summed E-state index contributed by atoms with van der Waals surface area (Å²) in [4.78, 5) is 25.2. The molecule has 1 saturated heterocycles. The van der Waals surface area contributed by atoms with Crippen LogP contribution in [0.2, 0.25) is 0 Å². The fraction of sp³-hybridized carbons (Fsp3) is 0.519. The number of nitrogens with zero attached hydrogens (tertiary/aromatic N) is 8. The Kier molecular flexibility index (Phi) is 8.25. The van der Waals surface area contributed by atoms with Crippen molar-refractivity contribution in [3.05, 3.63) is 40.1 Å². The van der Waals surface area contributed by atoms with Crippen molar-refractivity contribution in [1.82, 2.24) is 38.7 Å². The first-order chi connectivity index (χ1) is 19.7. The van der Waals surface area contributed by atoms with Gasteiger partial charge in [-0.25, -0.2) is 13.4 Å². The van der Waals surface area contributed by atoms with Gasteiger partial charge in [0.05, 0.1) is 22.8 Å². The molecule has 0 N–H and O–H groups in total. The third-order valence-corrected chi connectivity index (χ3v) is 9.15. The fourth-order valence-corrected chi connectivity index (χ4v) is 6.45. The molecule has 220 valence electrons. The van der Waals surface area contributed by atoms with Crippen LogP contribution in [0.15, 0.2) is 32.4 Å². The van der Waals surface area contributed by atoms with Crippen molar-refractivity contribution >= 4 is 21.1 Å². The van der Waals surface area contributed by atoms with Crippen LogP contribution in [0.4, 0.5) is 0 Å². The molecule has 1 aliphatic heterocycles. The quantitative estimate of drug-likeness (QED) is 0.273. The Morgan fingerprint density at radius 3 is 2.41 bits per heavy atom. The van der Waals surface area contributed by atoms with E-state index in [1.807, 2.05) is 13.8 Å². The number of fused-ring (bicyclic) bond motifs is 1. The molecule has 41 heavy (non-hydrogen) atoms. The third kappa shape index (κ3) is 5.38. The van der Waals surface area contributed by atoms with Gasteiger partial charge in [0.1, 0.15) is 17.1 Å². The largest absolute Gasteiger partial charge is 0.493 e. The second kappa shape index (κ2) is 11.7. The van der Waals surface area contributed by atoms with Crippen molar-refractivity contribution in [2.24, 2.45) is 7.05 Å². The average molecular weight is 585 g/mol. The molecule has 4 aromatic rings. The van der Waals surface area contributed by atoms with Crippen LogP contribution in [0, 0.1) is 6.92 Å². The van der Waals surface area contributed by atoms with Gasteiger partial charge in [-0.3, -0.25) is 9.36 Å². The summed E-state index contributed by atoms with van der Waals surface area (Å²) in [5.74, 6) is 1.32. The summed E-state index contributed by atoms with van der Waals surface area (Å²) >= 11 is 0. The number of ether oxygens (including phenoxy) is 1. The molecule has 0 spiro atoms. The maximum Gasteiger partial charge on any atom is 0.291 e. The minimum Gasteiger partial charge on any atom is -0.493 e. The molecule has 0 bridgehead atoms. The van der Waals surface area contributed by atoms with E-state index in [2.05, 4.69) is 27.1 Å². The highest BCUT2D eigenvalue weighted by Gasteiger charge is 2.30. The highest BCUT2D eigenvalue weighted by Crippen LogP contribution is 2.33. The van der Waals surface area contributed by atoms with Gasteiger partial charge >= 0.3 is 0 Å².